The molecular weight excluding hydrogens is 168 g/mol. The van der Waals surface area contributed by atoms with Crippen LogP contribution in [0.5, 0.6) is 0 Å². The Morgan fingerprint density at radius 2 is 1.57 bits per heavy atom. The van der Waals surface area contributed by atoms with E-state index < -0.39 is 0 Å². The Labute approximate surface area is 86.0 Å². The van der Waals surface area contributed by atoms with Crippen molar-refractivity contribution in [1.29, 1.82) is 0 Å². The lowest BCUT2D eigenvalue weighted by molar-refractivity contribution is 1.09. The number of rotatable bonds is 1. The molecule has 0 heterocycles. The van der Waals surface area contributed by atoms with E-state index in [1.807, 2.05) is 0 Å². The normalized spacial score (nSPS) is 16.8. The molecule has 0 radical (unpaired) electrons. The lowest BCUT2D eigenvalue weighted by Crippen LogP contribution is -1.88. The Morgan fingerprint density at radius 3 is 2.14 bits per heavy atom. The highest BCUT2D eigenvalue weighted by Gasteiger charge is 2.12. The zero-order valence-electron chi connectivity index (χ0n) is 9.04. The molecule has 0 unspecified atom stereocenters. The zero-order valence-corrected chi connectivity index (χ0v) is 9.04. The summed E-state index contributed by atoms with van der Waals surface area (Å²) in [5.74, 6) is 0.495. The Balaban J connectivity index is 2.35. The van der Waals surface area contributed by atoms with E-state index in [1.54, 1.807) is 0 Å². The molecule has 14 heavy (non-hydrogen) atoms. The van der Waals surface area contributed by atoms with E-state index in [2.05, 4.69) is 57.2 Å². The van der Waals surface area contributed by atoms with Gasteiger partial charge in [-0.15, -0.1) is 0 Å². The highest BCUT2D eigenvalue weighted by atomic mass is 14.2. The summed E-state index contributed by atoms with van der Waals surface area (Å²) < 4.78 is 0. The Morgan fingerprint density at radius 1 is 0.929 bits per heavy atom. The van der Waals surface area contributed by atoms with Crippen LogP contribution in [0.15, 0.2) is 47.6 Å². The Hall–Kier alpha value is -1.30. The summed E-state index contributed by atoms with van der Waals surface area (Å²) >= 11 is 0. The van der Waals surface area contributed by atoms with Crippen LogP contribution in [0.3, 0.4) is 0 Å². The molecule has 1 aliphatic carbocycles. The highest BCUT2D eigenvalue weighted by Crippen LogP contribution is 2.30. The van der Waals surface area contributed by atoms with Crippen molar-refractivity contribution in [3.63, 3.8) is 0 Å². The quantitative estimate of drug-likeness (QED) is 0.619. The van der Waals surface area contributed by atoms with E-state index in [-0.39, 0.29) is 0 Å². The van der Waals surface area contributed by atoms with Crippen LogP contribution in [0.1, 0.15) is 30.9 Å². The molecule has 0 bridgehead atoms. The van der Waals surface area contributed by atoms with Crippen LogP contribution in [0.4, 0.5) is 0 Å². The summed E-state index contributed by atoms with van der Waals surface area (Å²) in [6, 6.07) is 8.75. The first kappa shape index (κ1) is 9.26. The lowest BCUT2D eigenvalue weighted by atomic mass is 9.99. The standard InChI is InChI=1S/C14H16/c1-10-5-4-6-13(7-10)14-8-11(2)12(3)9-14/h4-9,14H,1-3H3. The van der Waals surface area contributed by atoms with E-state index in [4.69, 9.17) is 0 Å². The topological polar surface area (TPSA) is 0 Å². The molecule has 1 aromatic rings. The first-order chi connectivity index (χ1) is 6.66. The average molecular weight is 184 g/mol. The van der Waals surface area contributed by atoms with Gasteiger partial charge in [0.1, 0.15) is 0 Å². The van der Waals surface area contributed by atoms with Gasteiger partial charge in [-0.1, -0.05) is 53.1 Å². The molecule has 0 aromatic heterocycles. The van der Waals surface area contributed by atoms with E-state index in [9.17, 15) is 0 Å². The van der Waals surface area contributed by atoms with Gasteiger partial charge in [-0.25, -0.2) is 0 Å². The Kier molecular flexibility index (Phi) is 2.28. The van der Waals surface area contributed by atoms with Crippen LogP contribution in [0, 0.1) is 6.92 Å². The number of hydrogen-bond acceptors (Lipinski definition) is 0. The first-order valence-corrected chi connectivity index (χ1v) is 5.10. The second-order valence-electron chi connectivity index (χ2n) is 4.14. The van der Waals surface area contributed by atoms with Gasteiger partial charge in [0.05, 0.1) is 0 Å². The molecule has 0 spiro atoms. The molecule has 0 atom stereocenters. The fourth-order valence-corrected chi connectivity index (χ4v) is 1.92. The SMILES string of the molecule is CC1=CC(c2cccc(C)c2)C=C1C. The van der Waals surface area contributed by atoms with Crippen LogP contribution in [0.2, 0.25) is 0 Å². The number of allylic oxidation sites excluding steroid dienone is 4. The van der Waals surface area contributed by atoms with Gasteiger partial charge in [-0.05, 0) is 26.3 Å². The zero-order chi connectivity index (χ0) is 10.1. The third-order valence-electron chi connectivity index (χ3n) is 2.91. The van der Waals surface area contributed by atoms with Crippen LogP contribution in [-0.2, 0) is 0 Å². The maximum absolute atomic E-state index is 2.34. The van der Waals surface area contributed by atoms with E-state index in [1.165, 1.54) is 22.3 Å². The second-order valence-corrected chi connectivity index (χ2v) is 4.14. The minimum Gasteiger partial charge on any atom is -0.0700 e. The fraction of sp³-hybridized carbons (Fsp3) is 0.286. The molecule has 0 fully saturated rings. The van der Waals surface area contributed by atoms with Crippen molar-refractivity contribution in [2.45, 2.75) is 26.7 Å². The summed E-state index contributed by atoms with van der Waals surface area (Å²) in [6.07, 6.45) is 4.67. The number of aryl methyl sites for hydroxylation is 1. The van der Waals surface area contributed by atoms with Crippen LogP contribution in [0.25, 0.3) is 0 Å². The summed E-state index contributed by atoms with van der Waals surface area (Å²) in [5.41, 5.74) is 5.57. The van der Waals surface area contributed by atoms with Crippen molar-refractivity contribution in [1.82, 2.24) is 0 Å². The van der Waals surface area contributed by atoms with Gasteiger partial charge < -0.3 is 0 Å². The van der Waals surface area contributed by atoms with Gasteiger partial charge >= 0.3 is 0 Å². The molecular formula is C14H16. The lowest BCUT2D eigenvalue weighted by Gasteiger charge is -2.06. The molecule has 0 amide bonds. The summed E-state index contributed by atoms with van der Waals surface area (Å²) in [6.45, 7) is 6.51. The molecule has 0 N–H and O–H groups in total. The smallest absolute Gasteiger partial charge is 0.0210 e. The van der Waals surface area contributed by atoms with Gasteiger partial charge in [0.15, 0.2) is 0 Å². The second kappa shape index (κ2) is 3.45. The molecule has 2 rings (SSSR count). The Bertz CT molecular complexity index is 390. The van der Waals surface area contributed by atoms with Crippen LogP contribution in [-0.4, -0.2) is 0 Å². The van der Waals surface area contributed by atoms with Gasteiger partial charge in [-0.2, -0.15) is 0 Å². The fourth-order valence-electron chi connectivity index (χ4n) is 1.92. The number of hydrogen-bond donors (Lipinski definition) is 0. The van der Waals surface area contributed by atoms with Crippen molar-refractivity contribution in [2.75, 3.05) is 0 Å². The maximum atomic E-state index is 2.34. The molecule has 1 aliphatic rings. The van der Waals surface area contributed by atoms with Crippen molar-refractivity contribution < 1.29 is 0 Å². The predicted molar refractivity (Wildman–Crippen MR) is 61.4 cm³/mol. The molecule has 0 aliphatic heterocycles. The molecule has 0 saturated heterocycles. The number of benzene rings is 1. The average Bonchev–Trinajstić information content (AvgIpc) is 2.47. The van der Waals surface area contributed by atoms with E-state index >= 15 is 0 Å². The maximum Gasteiger partial charge on any atom is 0.0210 e. The molecule has 0 heteroatoms. The van der Waals surface area contributed by atoms with Crippen LogP contribution < -0.4 is 0 Å². The minimum absolute atomic E-state index is 0.495. The predicted octanol–water partition coefficient (Wildman–Crippen LogP) is 3.98. The summed E-state index contributed by atoms with van der Waals surface area (Å²) in [5, 5.41) is 0. The van der Waals surface area contributed by atoms with Gasteiger partial charge in [0, 0.05) is 5.92 Å². The molecule has 72 valence electrons. The third-order valence-corrected chi connectivity index (χ3v) is 2.91. The van der Waals surface area contributed by atoms with Crippen molar-refractivity contribution in [3.8, 4) is 0 Å². The van der Waals surface area contributed by atoms with E-state index in [0.717, 1.165) is 0 Å². The largest absolute Gasteiger partial charge is 0.0700 e. The van der Waals surface area contributed by atoms with Crippen molar-refractivity contribution >= 4 is 0 Å². The summed E-state index contributed by atoms with van der Waals surface area (Å²) in [7, 11) is 0. The highest BCUT2D eigenvalue weighted by molar-refractivity contribution is 5.44. The minimum atomic E-state index is 0.495. The van der Waals surface area contributed by atoms with Gasteiger partial charge in [-0.3, -0.25) is 0 Å². The monoisotopic (exact) mass is 184 g/mol. The first-order valence-electron chi connectivity index (χ1n) is 5.10. The summed E-state index contributed by atoms with van der Waals surface area (Å²) in [4.78, 5) is 0. The molecule has 1 aromatic carbocycles. The van der Waals surface area contributed by atoms with E-state index in [0.29, 0.717) is 5.92 Å². The van der Waals surface area contributed by atoms with Crippen molar-refractivity contribution in [2.24, 2.45) is 0 Å². The van der Waals surface area contributed by atoms with Crippen molar-refractivity contribution in [3.05, 3.63) is 58.7 Å². The van der Waals surface area contributed by atoms with Crippen LogP contribution >= 0.6 is 0 Å². The third kappa shape index (κ3) is 1.65. The molecule has 0 saturated carbocycles. The van der Waals surface area contributed by atoms with Gasteiger partial charge in [0.25, 0.3) is 0 Å². The van der Waals surface area contributed by atoms with Gasteiger partial charge in [0.2, 0.25) is 0 Å². The molecule has 0 nitrogen and oxygen atoms in total.